The highest BCUT2D eigenvalue weighted by Gasteiger charge is 2.42. The van der Waals surface area contributed by atoms with E-state index in [1.54, 1.807) is 11.0 Å². The van der Waals surface area contributed by atoms with Crippen molar-refractivity contribution < 1.29 is 15.0 Å². The molecule has 1 amide bonds. The van der Waals surface area contributed by atoms with Gasteiger partial charge in [-0.05, 0) is 24.3 Å². The number of hydrogen-bond donors (Lipinski definition) is 2. The molecular weight excluding hydrogens is 262 g/mol. The summed E-state index contributed by atoms with van der Waals surface area (Å²) in [6.45, 7) is 2.96. The van der Waals surface area contributed by atoms with Crippen LogP contribution >= 0.6 is 11.3 Å². The first-order valence-corrected chi connectivity index (χ1v) is 7.67. The lowest BCUT2D eigenvalue weighted by atomic mass is 9.73. The van der Waals surface area contributed by atoms with E-state index in [1.165, 1.54) is 11.3 Å². The number of carbonyl (C=O) groups is 1. The molecule has 0 unspecified atom stereocenters. The minimum absolute atomic E-state index is 0.0114. The zero-order valence-corrected chi connectivity index (χ0v) is 12.0. The molecule has 106 valence electrons. The lowest BCUT2D eigenvalue weighted by molar-refractivity contribution is -0.0713. The van der Waals surface area contributed by atoms with E-state index < -0.39 is 11.5 Å². The molecular formula is C14H21NO3S. The van der Waals surface area contributed by atoms with Gasteiger partial charge in [0, 0.05) is 23.9 Å². The Morgan fingerprint density at radius 2 is 2.42 bits per heavy atom. The Balaban J connectivity index is 2.05. The number of thiophene rings is 1. The first kappa shape index (κ1) is 14.5. The van der Waals surface area contributed by atoms with Crippen LogP contribution in [0, 0.1) is 5.41 Å². The number of rotatable bonds is 4. The van der Waals surface area contributed by atoms with Gasteiger partial charge in [0.2, 0.25) is 0 Å². The Hall–Kier alpha value is -0.910. The van der Waals surface area contributed by atoms with Gasteiger partial charge in [-0.15, -0.1) is 0 Å². The lowest BCUT2D eigenvalue weighted by Crippen LogP contribution is -2.54. The summed E-state index contributed by atoms with van der Waals surface area (Å²) >= 11 is 1.50. The molecule has 0 saturated carbocycles. The van der Waals surface area contributed by atoms with Crippen LogP contribution in [0.1, 0.15) is 36.5 Å². The summed E-state index contributed by atoms with van der Waals surface area (Å²) in [5.41, 5.74) is 0.254. The van der Waals surface area contributed by atoms with Gasteiger partial charge in [0.25, 0.3) is 5.91 Å². The molecule has 1 aliphatic heterocycles. The summed E-state index contributed by atoms with van der Waals surface area (Å²) < 4.78 is 0. The molecule has 0 aliphatic carbocycles. The number of nitrogens with zero attached hydrogens (tertiary/aromatic N) is 1. The zero-order valence-electron chi connectivity index (χ0n) is 11.2. The fourth-order valence-electron chi connectivity index (χ4n) is 2.82. The van der Waals surface area contributed by atoms with Crippen molar-refractivity contribution in [2.24, 2.45) is 5.41 Å². The summed E-state index contributed by atoms with van der Waals surface area (Å²) in [7, 11) is 0. The van der Waals surface area contributed by atoms with E-state index in [-0.39, 0.29) is 12.5 Å². The van der Waals surface area contributed by atoms with Gasteiger partial charge in [0.05, 0.1) is 18.3 Å². The molecule has 2 atom stereocenters. The van der Waals surface area contributed by atoms with Crippen molar-refractivity contribution in [1.29, 1.82) is 0 Å². The number of piperidine rings is 1. The predicted octanol–water partition coefficient (Wildman–Crippen LogP) is 1.73. The monoisotopic (exact) mass is 283 g/mol. The van der Waals surface area contributed by atoms with Crippen LogP contribution in [0.3, 0.4) is 0 Å². The summed E-state index contributed by atoms with van der Waals surface area (Å²) in [6, 6.07) is 1.80. The van der Waals surface area contributed by atoms with Crippen LogP contribution in [0.25, 0.3) is 0 Å². The van der Waals surface area contributed by atoms with Gasteiger partial charge in [-0.25, -0.2) is 0 Å². The predicted molar refractivity (Wildman–Crippen MR) is 75.3 cm³/mol. The third kappa shape index (κ3) is 2.83. The van der Waals surface area contributed by atoms with Gasteiger partial charge in [0.1, 0.15) is 0 Å². The summed E-state index contributed by atoms with van der Waals surface area (Å²) in [5.74, 6) is -0.0247. The fourth-order valence-corrected chi connectivity index (χ4v) is 3.45. The average molecular weight is 283 g/mol. The molecule has 19 heavy (non-hydrogen) atoms. The molecule has 2 heterocycles. The van der Waals surface area contributed by atoms with Crippen molar-refractivity contribution >= 4 is 17.2 Å². The Morgan fingerprint density at radius 3 is 2.95 bits per heavy atom. The van der Waals surface area contributed by atoms with Crippen molar-refractivity contribution in [2.75, 3.05) is 19.7 Å². The number of hydrogen-bond acceptors (Lipinski definition) is 4. The molecule has 0 radical (unpaired) electrons. The second-order valence-electron chi connectivity index (χ2n) is 5.30. The molecule has 2 rings (SSSR count). The maximum atomic E-state index is 12.2. The van der Waals surface area contributed by atoms with Crippen LogP contribution in [0.2, 0.25) is 0 Å². The SMILES string of the molecule is CCC[C@]1(CO)CCN(C(=O)c2ccsc2)C[C@H]1O. The van der Waals surface area contributed by atoms with Gasteiger partial charge in [0.15, 0.2) is 0 Å². The summed E-state index contributed by atoms with van der Waals surface area (Å²) in [6.07, 6.45) is 1.74. The molecule has 4 nitrogen and oxygen atoms in total. The molecule has 2 N–H and O–H groups in total. The maximum Gasteiger partial charge on any atom is 0.254 e. The molecule has 1 aromatic rings. The van der Waals surface area contributed by atoms with E-state index in [0.29, 0.717) is 25.1 Å². The highest BCUT2D eigenvalue weighted by Crippen LogP contribution is 2.36. The van der Waals surface area contributed by atoms with Crippen molar-refractivity contribution in [3.05, 3.63) is 22.4 Å². The maximum absolute atomic E-state index is 12.2. The highest BCUT2D eigenvalue weighted by atomic mass is 32.1. The van der Waals surface area contributed by atoms with Gasteiger partial charge in [-0.1, -0.05) is 13.3 Å². The first-order chi connectivity index (χ1) is 9.13. The fraction of sp³-hybridized carbons (Fsp3) is 0.643. The Bertz CT molecular complexity index is 420. The number of aliphatic hydroxyl groups excluding tert-OH is 2. The topological polar surface area (TPSA) is 60.8 Å². The standard InChI is InChI=1S/C14H21NO3S/c1-2-4-14(10-16)5-6-15(8-12(14)17)13(18)11-3-7-19-9-11/h3,7,9,12,16-17H,2,4-6,8,10H2,1H3/t12-,14-/m1/s1. The molecule has 1 saturated heterocycles. The number of amides is 1. The van der Waals surface area contributed by atoms with Crippen molar-refractivity contribution in [3.8, 4) is 0 Å². The third-order valence-electron chi connectivity index (χ3n) is 4.10. The minimum atomic E-state index is -0.645. The number of likely N-dealkylation sites (tertiary alicyclic amines) is 1. The normalized spacial score (nSPS) is 27.5. The largest absolute Gasteiger partial charge is 0.396 e. The number of aliphatic hydroxyl groups is 2. The van der Waals surface area contributed by atoms with Crippen LogP contribution in [0.15, 0.2) is 16.8 Å². The Morgan fingerprint density at radius 1 is 1.63 bits per heavy atom. The van der Waals surface area contributed by atoms with Gasteiger partial charge in [-0.2, -0.15) is 11.3 Å². The average Bonchev–Trinajstić information content (AvgIpc) is 2.94. The van der Waals surface area contributed by atoms with E-state index in [9.17, 15) is 15.0 Å². The quantitative estimate of drug-likeness (QED) is 0.884. The molecule has 0 aromatic carbocycles. The van der Waals surface area contributed by atoms with Crippen molar-refractivity contribution in [1.82, 2.24) is 4.90 Å². The van der Waals surface area contributed by atoms with E-state index in [2.05, 4.69) is 0 Å². The number of β-amino-alcohol motifs (C(OH)–C–C–N with tert-alkyl or cyclic N) is 1. The van der Waals surface area contributed by atoms with E-state index in [0.717, 1.165) is 12.8 Å². The number of carbonyl (C=O) groups excluding carboxylic acids is 1. The smallest absolute Gasteiger partial charge is 0.254 e. The molecule has 1 fully saturated rings. The molecule has 0 bridgehead atoms. The van der Waals surface area contributed by atoms with E-state index in [1.807, 2.05) is 17.7 Å². The zero-order chi connectivity index (χ0) is 13.9. The Labute approximate surface area is 117 Å². The second kappa shape index (κ2) is 6.03. The molecule has 0 spiro atoms. The minimum Gasteiger partial charge on any atom is -0.396 e. The molecule has 1 aliphatic rings. The van der Waals surface area contributed by atoms with Gasteiger partial charge < -0.3 is 15.1 Å². The van der Waals surface area contributed by atoms with Crippen molar-refractivity contribution in [3.63, 3.8) is 0 Å². The first-order valence-electron chi connectivity index (χ1n) is 6.73. The van der Waals surface area contributed by atoms with Crippen LogP contribution in [-0.4, -0.2) is 46.8 Å². The van der Waals surface area contributed by atoms with Crippen LogP contribution in [0.5, 0.6) is 0 Å². The van der Waals surface area contributed by atoms with Crippen molar-refractivity contribution in [2.45, 2.75) is 32.3 Å². The van der Waals surface area contributed by atoms with Gasteiger partial charge >= 0.3 is 0 Å². The van der Waals surface area contributed by atoms with E-state index in [4.69, 9.17) is 0 Å². The van der Waals surface area contributed by atoms with Gasteiger partial charge in [-0.3, -0.25) is 4.79 Å². The summed E-state index contributed by atoms with van der Waals surface area (Å²) in [4.78, 5) is 13.9. The second-order valence-corrected chi connectivity index (χ2v) is 6.08. The van der Waals surface area contributed by atoms with Crippen LogP contribution < -0.4 is 0 Å². The molecule has 1 aromatic heterocycles. The van der Waals surface area contributed by atoms with E-state index >= 15 is 0 Å². The Kier molecular flexibility index (Phi) is 4.60. The lowest BCUT2D eigenvalue weighted by Gasteiger charge is -2.44. The highest BCUT2D eigenvalue weighted by molar-refractivity contribution is 7.08. The van der Waals surface area contributed by atoms with Crippen LogP contribution in [0.4, 0.5) is 0 Å². The molecule has 5 heteroatoms. The summed E-state index contributed by atoms with van der Waals surface area (Å²) in [5, 5.41) is 23.6. The van der Waals surface area contributed by atoms with Crippen LogP contribution in [-0.2, 0) is 0 Å². The third-order valence-corrected chi connectivity index (χ3v) is 4.78.